The van der Waals surface area contributed by atoms with Crippen molar-refractivity contribution in [2.45, 2.75) is 25.5 Å². The normalized spacial score (nSPS) is 33.4. The van der Waals surface area contributed by atoms with E-state index in [1.807, 2.05) is 13.8 Å². The summed E-state index contributed by atoms with van der Waals surface area (Å²) >= 11 is 0. The average molecular weight is 231 g/mol. The molecule has 2 heterocycles. The Bertz CT molecular complexity index is 374. The van der Waals surface area contributed by atoms with Gasteiger partial charge >= 0.3 is 0 Å². The van der Waals surface area contributed by atoms with Crippen molar-refractivity contribution in [3.05, 3.63) is 0 Å². The van der Waals surface area contributed by atoms with Gasteiger partial charge in [-0.05, 0) is 12.3 Å². The fourth-order valence-electron chi connectivity index (χ4n) is 2.54. The molecule has 2 aliphatic rings. The second kappa shape index (κ2) is 3.47. The Labute approximate surface area is 90.6 Å². The van der Waals surface area contributed by atoms with E-state index in [4.69, 9.17) is 0 Å². The van der Waals surface area contributed by atoms with Gasteiger partial charge < -0.3 is 4.90 Å². The number of amides is 1. The van der Waals surface area contributed by atoms with Crippen LogP contribution in [0.5, 0.6) is 0 Å². The first-order valence-corrected chi connectivity index (χ1v) is 7.13. The van der Waals surface area contributed by atoms with E-state index in [0.29, 0.717) is 18.8 Å². The molecule has 2 fully saturated rings. The lowest BCUT2D eigenvalue weighted by Gasteiger charge is -2.19. The van der Waals surface area contributed by atoms with Gasteiger partial charge in [0.2, 0.25) is 5.91 Å². The monoisotopic (exact) mass is 231 g/mol. The van der Waals surface area contributed by atoms with Crippen LogP contribution in [0.1, 0.15) is 20.3 Å². The van der Waals surface area contributed by atoms with Crippen molar-refractivity contribution < 1.29 is 13.2 Å². The molecule has 0 spiro atoms. The Kier molecular flexibility index (Phi) is 2.53. The third-order valence-electron chi connectivity index (χ3n) is 3.42. The smallest absolute Gasteiger partial charge is 0.225 e. The number of hydrogen-bond acceptors (Lipinski definition) is 3. The van der Waals surface area contributed by atoms with Crippen LogP contribution >= 0.6 is 0 Å². The van der Waals surface area contributed by atoms with Gasteiger partial charge in [-0.2, -0.15) is 0 Å². The van der Waals surface area contributed by atoms with Crippen molar-refractivity contribution in [3.63, 3.8) is 0 Å². The van der Waals surface area contributed by atoms with Crippen molar-refractivity contribution >= 4 is 15.7 Å². The minimum absolute atomic E-state index is 0.0356. The molecule has 5 heteroatoms. The Hall–Kier alpha value is -0.580. The molecule has 2 atom stereocenters. The molecule has 2 aliphatic heterocycles. The van der Waals surface area contributed by atoms with E-state index in [0.717, 1.165) is 6.42 Å². The quantitative estimate of drug-likeness (QED) is 0.651. The lowest BCUT2D eigenvalue weighted by Crippen LogP contribution is -2.34. The maximum absolute atomic E-state index is 11.7. The predicted molar refractivity (Wildman–Crippen MR) is 57.1 cm³/mol. The lowest BCUT2D eigenvalue weighted by atomic mass is 10.1. The molecule has 0 saturated carbocycles. The van der Waals surface area contributed by atoms with Crippen LogP contribution in [0.25, 0.3) is 0 Å². The van der Waals surface area contributed by atoms with Crippen LogP contribution in [0.4, 0.5) is 0 Å². The molecule has 0 aliphatic carbocycles. The minimum Gasteiger partial charge on any atom is -0.341 e. The zero-order valence-electron chi connectivity index (χ0n) is 9.14. The summed E-state index contributed by atoms with van der Waals surface area (Å²) in [5.41, 5.74) is 0. The summed E-state index contributed by atoms with van der Waals surface area (Å²) in [6.07, 6.45) is 0.731. The molecule has 1 amide bonds. The zero-order valence-corrected chi connectivity index (χ0v) is 9.96. The highest BCUT2D eigenvalue weighted by Crippen LogP contribution is 2.33. The molecule has 0 radical (unpaired) electrons. The van der Waals surface area contributed by atoms with Gasteiger partial charge in [-0.1, -0.05) is 13.8 Å². The molecule has 2 unspecified atom stereocenters. The van der Waals surface area contributed by atoms with E-state index in [9.17, 15) is 13.2 Å². The van der Waals surface area contributed by atoms with Gasteiger partial charge in [0.25, 0.3) is 0 Å². The van der Waals surface area contributed by atoms with Crippen LogP contribution < -0.4 is 0 Å². The summed E-state index contributed by atoms with van der Waals surface area (Å²) in [6, 6.07) is 0. The number of sulfone groups is 1. The van der Waals surface area contributed by atoms with Gasteiger partial charge in [0.15, 0.2) is 9.84 Å². The number of likely N-dealkylation sites (tertiary alicyclic amines) is 1. The largest absolute Gasteiger partial charge is 0.341 e. The molecular formula is C10H17NO3S. The predicted octanol–water partition coefficient (Wildman–Crippen LogP) is 0.288. The van der Waals surface area contributed by atoms with Gasteiger partial charge in [-0.3, -0.25) is 4.79 Å². The summed E-state index contributed by atoms with van der Waals surface area (Å²) in [4.78, 5) is 13.4. The minimum atomic E-state index is -2.91. The Morgan fingerprint density at radius 3 is 2.53 bits per heavy atom. The van der Waals surface area contributed by atoms with Crippen LogP contribution in [0, 0.1) is 11.8 Å². The fraction of sp³-hybridized carbons (Fsp3) is 0.900. The van der Waals surface area contributed by atoms with E-state index in [-0.39, 0.29) is 23.0 Å². The van der Waals surface area contributed by atoms with E-state index in [1.165, 1.54) is 0 Å². The van der Waals surface area contributed by atoms with E-state index < -0.39 is 9.84 Å². The highest BCUT2D eigenvalue weighted by Gasteiger charge is 2.47. The number of carbonyl (C=O) groups excluding carboxylic acids is 1. The van der Waals surface area contributed by atoms with Crippen LogP contribution in [-0.4, -0.2) is 43.3 Å². The molecule has 86 valence electrons. The summed E-state index contributed by atoms with van der Waals surface area (Å²) < 4.78 is 23.3. The van der Waals surface area contributed by atoms with E-state index in [2.05, 4.69) is 0 Å². The van der Waals surface area contributed by atoms with Crippen LogP contribution in [0.3, 0.4) is 0 Å². The molecule has 0 N–H and O–H groups in total. The van der Waals surface area contributed by atoms with Gasteiger partial charge in [-0.25, -0.2) is 8.42 Å². The Morgan fingerprint density at radius 2 is 2.00 bits per heavy atom. The number of rotatable bonds is 1. The third kappa shape index (κ3) is 1.77. The summed E-state index contributed by atoms with van der Waals surface area (Å²) in [5, 5.41) is -0.278. The summed E-state index contributed by atoms with van der Waals surface area (Å²) in [7, 11) is -2.91. The van der Waals surface area contributed by atoms with Crippen LogP contribution in [-0.2, 0) is 14.6 Å². The number of carbonyl (C=O) groups is 1. The lowest BCUT2D eigenvalue weighted by molar-refractivity contribution is -0.133. The van der Waals surface area contributed by atoms with Gasteiger partial charge in [0.1, 0.15) is 0 Å². The SMILES string of the molecule is CC(C)C(=O)N1CC2CCS(=O)(=O)C2C1. The fourth-order valence-corrected chi connectivity index (χ4v) is 4.69. The topological polar surface area (TPSA) is 54.5 Å². The molecule has 0 aromatic heterocycles. The molecule has 0 aromatic carbocycles. The Morgan fingerprint density at radius 1 is 1.33 bits per heavy atom. The Balaban J connectivity index is 2.11. The van der Waals surface area contributed by atoms with Crippen molar-refractivity contribution in [1.82, 2.24) is 4.90 Å². The number of nitrogens with zero attached hydrogens (tertiary/aromatic N) is 1. The van der Waals surface area contributed by atoms with Crippen molar-refractivity contribution in [3.8, 4) is 0 Å². The van der Waals surface area contributed by atoms with Crippen molar-refractivity contribution in [1.29, 1.82) is 0 Å². The first-order valence-electron chi connectivity index (χ1n) is 5.42. The van der Waals surface area contributed by atoms with Gasteiger partial charge in [0.05, 0.1) is 11.0 Å². The average Bonchev–Trinajstić information content (AvgIpc) is 2.66. The summed E-state index contributed by atoms with van der Waals surface area (Å²) in [6.45, 7) is 4.76. The summed E-state index contributed by atoms with van der Waals surface area (Å²) in [5.74, 6) is 0.551. The highest BCUT2D eigenvalue weighted by molar-refractivity contribution is 7.92. The second-order valence-electron chi connectivity index (χ2n) is 4.85. The second-order valence-corrected chi connectivity index (χ2v) is 7.19. The standard InChI is InChI=1S/C10H17NO3S/c1-7(2)10(12)11-5-8-3-4-15(13,14)9(8)6-11/h7-9H,3-6H2,1-2H3. The maximum Gasteiger partial charge on any atom is 0.225 e. The molecule has 0 bridgehead atoms. The molecular weight excluding hydrogens is 214 g/mol. The zero-order chi connectivity index (χ0) is 11.2. The van der Waals surface area contributed by atoms with Crippen LogP contribution in [0.2, 0.25) is 0 Å². The van der Waals surface area contributed by atoms with E-state index in [1.54, 1.807) is 4.90 Å². The first-order chi connectivity index (χ1) is 6.92. The van der Waals surface area contributed by atoms with Crippen molar-refractivity contribution in [2.75, 3.05) is 18.8 Å². The first kappa shape index (κ1) is 10.9. The van der Waals surface area contributed by atoms with Crippen LogP contribution in [0.15, 0.2) is 0 Å². The molecule has 0 aromatic rings. The molecule has 15 heavy (non-hydrogen) atoms. The molecule has 2 saturated heterocycles. The van der Waals surface area contributed by atoms with E-state index >= 15 is 0 Å². The van der Waals surface area contributed by atoms with Gasteiger partial charge in [0, 0.05) is 19.0 Å². The molecule has 4 nitrogen and oxygen atoms in total. The number of fused-ring (bicyclic) bond motifs is 1. The molecule has 2 rings (SSSR count). The third-order valence-corrected chi connectivity index (χ3v) is 5.68. The maximum atomic E-state index is 11.7. The van der Waals surface area contributed by atoms with Gasteiger partial charge in [-0.15, -0.1) is 0 Å². The number of hydrogen-bond donors (Lipinski definition) is 0. The highest BCUT2D eigenvalue weighted by atomic mass is 32.2. The van der Waals surface area contributed by atoms with Crippen molar-refractivity contribution in [2.24, 2.45) is 11.8 Å².